The summed E-state index contributed by atoms with van der Waals surface area (Å²) < 4.78 is 5.25. The number of ether oxygens (including phenoxy) is 1. The van der Waals surface area contributed by atoms with E-state index in [1.54, 1.807) is 0 Å². The normalized spacial score (nSPS) is 32.9. The summed E-state index contributed by atoms with van der Waals surface area (Å²) in [6.45, 7) is 4.96. The molecule has 0 N–H and O–H groups in total. The summed E-state index contributed by atoms with van der Waals surface area (Å²) in [5, 5.41) is 0. The van der Waals surface area contributed by atoms with Gasteiger partial charge in [-0.2, -0.15) is 0 Å². The lowest BCUT2D eigenvalue weighted by Crippen LogP contribution is -2.15. The van der Waals surface area contributed by atoms with Crippen molar-refractivity contribution in [3.05, 3.63) is 11.6 Å². The van der Waals surface area contributed by atoms with E-state index in [0.29, 0.717) is 18.4 Å². The van der Waals surface area contributed by atoms with Crippen molar-refractivity contribution in [1.29, 1.82) is 0 Å². The maximum atomic E-state index is 11.7. The number of fused-ring (bicyclic) bond motifs is 2. The van der Waals surface area contributed by atoms with Crippen LogP contribution in [0.25, 0.3) is 0 Å². The van der Waals surface area contributed by atoms with Crippen LogP contribution in [0.1, 0.15) is 39.5 Å². The van der Waals surface area contributed by atoms with Gasteiger partial charge >= 0.3 is 5.97 Å². The summed E-state index contributed by atoms with van der Waals surface area (Å²) in [4.78, 5) is 11.7. The van der Waals surface area contributed by atoms with Crippen LogP contribution in [0.2, 0.25) is 0 Å². The minimum Gasteiger partial charge on any atom is -0.462 e. The number of carbonyl (C=O) groups excluding carboxylic acids is 1. The molecule has 1 fully saturated rings. The van der Waals surface area contributed by atoms with Crippen LogP contribution in [0.15, 0.2) is 11.6 Å². The number of carbonyl (C=O) groups is 1. The van der Waals surface area contributed by atoms with Crippen molar-refractivity contribution in [3.8, 4) is 0 Å². The molecule has 0 radical (unpaired) electrons. The molecule has 15 heavy (non-hydrogen) atoms. The highest BCUT2D eigenvalue weighted by molar-refractivity contribution is 5.90. The molecule has 2 bridgehead atoms. The fourth-order valence-corrected chi connectivity index (χ4v) is 2.76. The molecule has 0 amide bonds. The first kappa shape index (κ1) is 10.7. The topological polar surface area (TPSA) is 26.3 Å². The molecule has 0 aromatic carbocycles. The third-order valence-electron chi connectivity index (χ3n) is 3.74. The third kappa shape index (κ3) is 2.09. The number of allylic oxidation sites excluding steroid dienone is 1. The molecule has 0 aromatic rings. The summed E-state index contributed by atoms with van der Waals surface area (Å²) in [6, 6.07) is 0. The highest BCUT2D eigenvalue weighted by Crippen LogP contribution is 2.47. The average Bonchev–Trinajstić information content (AvgIpc) is 2.76. The van der Waals surface area contributed by atoms with Crippen LogP contribution >= 0.6 is 0 Å². The number of hydrogen-bond acceptors (Lipinski definition) is 2. The van der Waals surface area contributed by atoms with E-state index in [0.717, 1.165) is 24.3 Å². The predicted molar refractivity (Wildman–Crippen MR) is 59.3 cm³/mol. The molecule has 0 spiro atoms. The van der Waals surface area contributed by atoms with Crippen molar-refractivity contribution in [2.45, 2.75) is 39.5 Å². The number of rotatable bonds is 4. The van der Waals surface area contributed by atoms with E-state index in [1.165, 1.54) is 12.8 Å². The molecule has 1 saturated carbocycles. The summed E-state index contributed by atoms with van der Waals surface area (Å²) in [5.74, 6) is 1.85. The zero-order valence-electron chi connectivity index (χ0n) is 9.66. The van der Waals surface area contributed by atoms with Crippen LogP contribution in [-0.2, 0) is 9.53 Å². The van der Waals surface area contributed by atoms with Crippen LogP contribution in [-0.4, -0.2) is 12.6 Å². The maximum absolute atomic E-state index is 11.7. The molecule has 3 atom stereocenters. The molecule has 2 heteroatoms. The van der Waals surface area contributed by atoms with E-state index in [1.807, 2.05) is 0 Å². The molecule has 2 aliphatic carbocycles. The Bertz CT molecular complexity index is 280. The Morgan fingerprint density at radius 2 is 2.33 bits per heavy atom. The Morgan fingerprint density at radius 1 is 1.53 bits per heavy atom. The zero-order valence-corrected chi connectivity index (χ0v) is 9.66. The Kier molecular flexibility index (Phi) is 3.13. The second-order valence-electron chi connectivity index (χ2n) is 4.92. The molecular weight excluding hydrogens is 188 g/mol. The van der Waals surface area contributed by atoms with Gasteiger partial charge in [-0.05, 0) is 37.0 Å². The van der Waals surface area contributed by atoms with E-state index in [4.69, 9.17) is 4.74 Å². The van der Waals surface area contributed by atoms with E-state index >= 15 is 0 Å². The minimum absolute atomic E-state index is 0.0529. The summed E-state index contributed by atoms with van der Waals surface area (Å²) in [6.07, 6.45) is 6.57. The Balaban J connectivity index is 1.87. The van der Waals surface area contributed by atoms with Crippen LogP contribution in [0.4, 0.5) is 0 Å². The van der Waals surface area contributed by atoms with E-state index in [-0.39, 0.29) is 5.97 Å². The molecule has 0 aliphatic heterocycles. The monoisotopic (exact) mass is 208 g/mol. The molecule has 2 nitrogen and oxygen atoms in total. The molecular formula is C13H20O2. The van der Waals surface area contributed by atoms with Gasteiger partial charge in [-0.25, -0.2) is 4.79 Å². The maximum Gasteiger partial charge on any atom is 0.333 e. The smallest absolute Gasteiger partial charge is 0.333 e. The van der Waals surface area contributed by atoms with Gasteiger partial charge in [0.05, 0.1) is 6.61 Å². The molecule has 3 unspecified atom stereocenters. The largest absolute Gasteiger partial charge is 0.462 e. The van der Waals surface area contributed by atoms with Crippen LogP contribution in [0.5, 0.6) is 0 Å². The van der Waals surface area contributed by atoms with Crippen LogP contribution in [0, 0.1) is 17.8 Å². The molecule has 0 heterocycles. The first-order valence-electron chi connectivity index (χ1n) is 6.11. The van der Waals surface area contributed by atoms with Crippen molar-refractivity contribution < 1.29 is 9.53 Å². The molecule has 2 rings (SSSR count). The summed E-state index contributed by atoms with van der Waals surface area (Å²) >= 11 is 0. The van der Waals surface area contributed by atoms with Crippen molar-refractivity contribution in [2.24, 2.45) is 17.8 Å². The third-order valence-corrected chi connectivity index (χ3v) is 3.74. The second-order valence-corrected chi connectivity index (χ2v) is 4.92. The van der Waals surface area contributed by atoms with Gasteiger partial charge in [0, 0.05) is 5.57 Å². The predicted octanol–water partition coefficient (Wildman–Crippen LogP) is 2.93. The van der Waals surface area contributed by atoms with Gasteiger partial charge in [-0.1, -0.05) is 26.3 Å². The highest BCUT2D eigenvalue weighted by atomic mass is 16.5. The van der Waals surface area contributed by atoms with Gasteiger partial charge in [-0.3, -0.25) is 0 Å². The first-order valence-corrected chi connectivity index (χ1v) is 6.11. The average molecular weight is 208 g/mol. The Morgan fingerprint density at radius 3 is 2.87 bits per heavy atom. The zero-order chi connectivity index (χ0) is 10.8. The molecule has 2 aliphatic rings. The van der Waals surface area contributed by atoms with E-state index < -0.39 is 0 Å². The molecule has 84 valence electrons. The fourth-order valence-electron chi connectivity index (χ4n) is 2.76. The minimum atomic E-state index is -0.0529. The SMILES string of the molecule is CCCCOC(=O)C1=CC2CC1CC2C. The molecule has 0 saturated heterocycles. The van der Waals surface area contributed by atoms with Crippen molar-refractivity contribution in [1.82, 2.24) is 0 Å². The van der Waals surface area contributed by atoms with Gasteiger partial charge < -0.3 is 4.74 Å². The summed E-state index contributed by atoms with van der Waals surface area (Å²) in [5.41, 5.74) is 0.967. The van der Waals surface area contributed by atoms with Gasteiger partial charge in [0.25, 0.3) is 0 Å². The summed E-state index contributed by atoms with van der Waals surface area (Å²) in [7, 11) is 0. The van der Waals surface area contributed by atoms with Crippen molar-refractivity contribution in [3.63, 3.8) is 0 Å². The number of esters is 1. The van der Waals surface area contributed by atoms with Gasteiger partial charge in [0.15, 0.2) is 0 Å². The lowest BCUT2D eigenvalue weighted by Gasteiger charge is -2.16. The van der Waals surface area contributed by atoms with Crippen LogP contribution in [0.3, 0.4) is 0 Å². The lowest BCUT2D eigenvalue weighted by molar-refractivity contribution is -0.139. The quantitative estimate of drug-likeness (QED) is 0.524. The number of hydrogen-bond donors (Lipinski definition) is 0. The van der Waals surface area contributed by atoms with Crippen LogP contribution < -0.4 is 0 Å². The van der Waals surface area contributed by atoms with Crippen molar-refractivity contribution >= 4 is 5.97 Å². The van der Waals surface area contributed by atoms with Gasteiger partial charge in [-0.15, -0.1) is 0 Å². The number of unbranched alkanes of at least 4 members (excludes halogenated alkanes) is 1. The standard InChI is InChI=1S/C13H20O2/c1-3-4-5-15-13(14)12-8-10-7-11(12)6-9(10)2/h8-11H,3-7H2,1-2H3. The highest BCUT2D eigenvalue weighted by Gasteiger charge is 2.40. The fraction of sp³-hybridized carbons (Fsp3) is 0.769. The Labute approximate surface area is 91.7 Å². The van der Waals surface area contributed by atoms with Gasteiger partial charge in [0.2, 0.25) is 0 Å². The second kappa shape index (κ2) is 4.38. The van der Waals surface area contributed by atoms with E-state index in [2.05, 4.69) is 19.9 Å². The first-order chi connectivity index (χ1) is 7.22. The lowest BCUT2D eigenvalue weighted by atomic mass is 9.91. The van der Waals surface area contributed by atoms with Gasteiger partial charge in [0.1, 0.15) is 0 Å². The van der Waals surface area contributed by atoms with Crippen molar-refractivity contribution in [2.75, 3.05) is 6.61 Å². The Hall–Kier alpha value is -0.790. The van der Waals surface area contributed by atoms with E-state index in [9.17, 15) is 4.79 Å². The molecule has 0 aromatic heterocycles.